The van der Waals surface area contributed by atoms with Crippen molar-refractivity contribution in [2.75, 3.05) is 6.54 Å². The van der Waals surface area contributed by atoms with Crippen molar-refractivity contribution < 1.29 is 13.2 Å². The van der Waals surface area contributed by atoms with Crippen LogP contribution in [0.25, 0.3) is 10.9 Å². The van der Waals surface area contributed by atoms with Gasteiger partial charge in [0.2, 0.25) is 10.0 Å². The Hall–Kier alpha value is -2.81. The Kier molecular flexibility index (Phi) is 6.03. The molecule has 1 amide bonds. The molecule has 0 unspecified atom stereocenters. The quantitative estimate of drug-likeness (QED) is 0.366. The largest absolute Gasteiger partial charge is 0.272 e. The predicted octanol–water partition coefficient (Wildman–Crippen LogP) is 2.63. The van der Waals surface area contributed by atoms with Crippen LogP contribution in [0, 0.1) is 6.92 Å². The number of pyridine rings is 1. The Morgan fingerprint density at radius 1 is 1.18 bits per heavy atom. The normalized spacial score (nSPS) is 11.8. The summed E-state index contributed by atoms with van der Waals surface area (Å²) in [5, 5.41) is 4.94. The highest BCUT2D eigenvalue weighted by Gasteiger charge is 2.14. The second-order valence-corrected chi connectivity index (χ2v) is 8.12. The first kappa shape index (κ1) is 19.9. The number of amides is 1. The van der Waals surface area contributed by atoms with E-state index in [1.54, 1.807) is 18.2 Å². The second kappa shape index (κ2) is 8.47. The molecule has 0 aliphatic carbocycles. The van der Waals surface area contributed by atoms with Crippen LogP contribution in [0.3, 0.4) is 0 Å². The van der Waals surface area contributed by atoms with Gasteiger partial charge in [-0.05, 0) is 31.2 Å². The number of nitrogens with one attached hydrogen (secondary N) is 2. The van der Waals surface area contributed by atoms with Crippen LogP contribution in [0.1, 0.15) is 11.1 Å². The van der Waals surface area contributed by atoms with Gasteiger partial charge in [-0.15, -0.1) is 0 Å². The molecule has 2 N–H and O–H groups in total. The maximum Gasteiger partial charge on any atom is 0.255 e. The van der Waals surface area contributed by atoms with Crippen LogP contribution in [-0.2, 0) is 14.8 Å². The predicted molar refractivity (Wildman–Crippen MR) is 109 cm³/mol. The number of carbonyl (C=O) groups excluding carboxylic acids is 1. The zero-order valence-electron chi connectivity index (χ0n) is 14.9. The lowest BCUT2D eigenvalue weighted by atomic mass is 10.2. The highest BCUT2D eigenvalue weighted by Crippen LogP contribution is 2.18. The number of nitrogens with zero attached hydrogens (tertiary/aromatic N) is 2. The van der Waals surface area contributed by atoms with Crippen molar-refractivity contribution in [3.8, 4) is 0 Å². The summed E-state index contributed by atoms with van der Waals surface area (Å²) in [6.45, 7) is 1.41. The van der Waals surface area contributed by atoms with Crippen LogP contribution >= 0.6 is 11.6 Å². The lowest BCUT2D eigenvalue weighted by Crippen LogP contribution is -2.34. The van der Waals surface area contributed by atoms with Gasteiger partial charge in [0.15, 0.2) is 0 Å². The minimum absolute atomic E-state index is 0.0865. The summed E-state index contributed by atoms with van der Waals surface area (Å²) in [6, 6.07) is 15.6. The molecule has 0 bridgehead atoms. The van der Waals surface area contributed by atoms with Gasteiger partial charge in [0.1, 0.15) is 5.15 Å². The number of carbonyl (C=O) groups is 1. The Morgan fingerprint density at radius 2 is 1.89 bits per heavy atom. The van der Waals surface area contributed by atoms with Crippen molar-refractivity contribution in [1.29, 1.82) is 0 Å². The van der Waals surface area contributed by atoms with Crippen molar-refractivity contribution in [2.24, 2.45) is 5.10 Å². The molecule has 3 rings (SSSR count). The van der Waals surface area contributed by atoms with E-state index in [2.05, 4.69) is 20.2 Å². The van der Waals surface area contributed by atoms with Crippen LogP contribution in [0.2, 0.25) is 5.15 Å². The average molecular weight is 417 g/mol. The van der Waals surface area contributed by atoms with Gasteiger partial charge in [-0.25, -0.2) is 23.5 Å². The lowest BCUT2D eigenvalue weighted by molar-refractivity contribution is -0.119. The molecule has 0 fully saturated rings. The van der Waals surface area contributed by atoms with Crippen LogP contribution in [0.4, 0.5) is 0 Å². The second-order valence-electron chi connectivity index (χ2n) is 5.99. The van der Waals surface area contributed by atoms with Crippen LogP contribution in [0.15, 0.2) is 64.6 Å². The van der Waals surface area contributed by atoms with Gasteiger partial charge in [-0.2, -0.15) is 5.10 Å². The summed E-state index contributed by atoms with van der Waals surface area (Å²) in [5.74, 6) is -0.614. The number of para-hydroxylation sites is 1. The van der Waals surface area contributed by atoms with Crippen molar-refractivity contribution >= 4 is 44.6 Å². The van der Waals surface area contributed by atoms with Gasteiger partial charge in [0.25, 0.3) is 5.91 Å². The molecule has 0 spiro atoms. The molecule has 0 atom stereocenters. The fraction of sp³-hybridized carbons (Fsp3) is 0.105. The fourth-order valence-corrected chi connectivity index (χ4v) is 3.55. The van der Waals surface area contributed by atoms with E-state index in [4.69, 9.17) is 11.6 Å². The van der Waals surface area contributed by atoms with Gasteiger partial charge < -0.3 is 0 Å². The van der Waals surface area contributed by atoms with Crippen LogP contribution in [-0.4, -0.2) is 32.1 Å². The molecule has 0 radical (unpaired) electrons. The van der Waals surface area contributed by atoms with E-state index in [9.17, 15) is 13.2 Å². The zero-order valence-corrected chi connectivity index (χ0v) is 16.5. The summed E-state index contributed by atoms with van der Waals surface area (Å²) >= 11 is 6.11. The first-order chi connectivity index (χ1) is 13.3. The van der Waals surface area contributed by atoms with E-state index >= 15 is 0 Å². The van der Waals surface area contributed by atoms with Crippen molar-refractivity contribution in [1.82, 2.24) is 15.1 Å². The molecule has 7 nitrogen and oxygen atoms in total. The lowest BCUT2D eigenvalue weighted by Gasteiger charge is -2.06. The number of aromatic nitrogens is 1. The number of aryl methyl sites for hydroxylation is 1. The standard InChI is InChI=1S/C19H17ClN4O3S/c1-13-6-8-16(9-7-13)28(26,27)22-12-18(25)24-21-11-15-10-14-4-2-3-5-17(14)23-19(15)20/h2-11,22H,12H2,1H3,(H,24,25)/b21-11-. The average Bonchev–Trinajstić information content (AvgIpc) is 2.67. The van der Waals surface area contributed by atoms with E-state index in [1.807, 2.05) is 31.2 Å². The minimum Gasteiger partial charge on any atom is -0.272 e. The Labute approximate surface area is 167 Å². The SMILES string of the molecule is Cc1ccc(S(=O)(=O)NCC(=O)N/N=C\c2cc3ccccc3nc2Cl)cc1. The number of hydrogen-bond donors (Lipinski definition) is 2. The number of sulfonamides is 1. The molecule has 28 heavy (non-hydrogen) atoms. The van der Waals surface area contributed by atoms with Crippen molar-refractivity contribution in [3.63, 3.8) is 0 Å². The third-order valence-corrected chi connectivity index (χ3v) is 5.57. The molecular weight excluding hydrogens is 400 g/mol. The Morgan fingerprint density at radius 3 is 2.64 bits per heavy atom. The van der Waals surface area contributed by atoms with E-state index in [0.717, 1.165) is 16.5 Å². The number of rotatable bonds is 6. The molecule has 2 aromatic carbocycles. The van der Waals surface area contributed by atoms with Crippen molar-refractivity contribution in [2.45, 2.75) is 11.8 Å². The van der Waals surface area contributed by atoms with E-state index in [1.165, 1.54) is 18.3 Å². The third-order valence-electron chi connectivity index (χ3n) is 3.85. The van der Waals surface area contributed by atoms with Gasteiger partial charge in [0.05, 0.1) is 23.2 Å². The molecule has 1 heterocycles. The highest BCUT2D eigenvalue weighted by molar-refractivity contribution is 7.89. The minimum atomic E-state index is -3.77. The summed E-state index contributed by atoms with van der Waals surface area (Å²) in [7, 11) is -3.77. The fourth-order valence-electron chi connectivity index (χ4n) is 2.37. The monoisotopic (exact) mass is 416 g/mol. The molecule has 0 aliphatic heterocycles. The summed E-state index contributed by atoms with van der Waals surface area (Å²) < 4.78 is 26.5. The molecule has 144 valence electrons. The third kappa shape index (κ3) is 4.92. The topological polar surface area (TPSA) is 101 Å². The van der Waals surface area contributed by atoms with Crippen molar-refractivity contribution in [3.05, 3.63) is 70.9 Å². The van der Waals surface area contributed by atoms with Crippen LogP contribution in [0.5, 0.6) is 0 Å². The summed E-state index contributed by atoms with van der Waals surface area (Å²) in [6.07, 6.45) is 1.36. The van der Waals surface area contributed by atoms with Gasteiger partial charge >= 0.3 is 0 Å². The molecular formula is C19H17ClN4O3S. The number of benzene rings is 2. The van der Waals surface area contributed by atoms with Crippen LogP contribution < -0.4 is 10.1 Å². The number of fused-ring (bicyclic) bond motifs is 1. The van der Waals surface area contributed by atoms with Gasteiger partial charge in [-0.1, -0.05) is 47.5 Å². The first-order valence-corrected chi connectivity index (χ1v) is 10.1. The maximum absolute atomic E-state index is 12.2. The number of hydrazone groups is 1. The van der Waals surface area contributed by atoms with E-state index in [0.29, 0.717) is 5.56 Å². The molecule has 3 aromatic rings. The molecule has 9 heteroatoms. The highest BCUT2D eigenvalue weighted by atomic mass is 35.5. The molecule has 0 saturated heterocycles. The maximum atomic E-state index is 12.2. The number of halogens is 1. The molecule has 1 aromatic heterocycles. The Bertz CT molecular complexity index is 1150. The van der Waals surface area contributed by atoms with E-state index in [-0.39, 0.29) is 10.0 Å². The smallest absolute Gasteiger partial charge is 0.255 e. The summed E-state index contributed by atoms with van der Waals surface area (Å²) in [5.41, 5.74) is 4.47. The summed E-state index contributed by atoms with van der Waals surface area (Å²) in [4.78, 5) is 16.2. The number of hydrogen-bond acceptors (Lipinski definition) is 5. The van der Waals surface area contributed by atoms with E-state index < -0.39 is 22.5 Å². The molecule has 0 saturated carbocycles. The van der Waals surface area contributed by atoms with Gasteiger partial charge in [0, 0.05) is 10.9 Å². The Balaban J connectivity index is 1.60. The zero-order chi connectivity index (χ0) is 20.1. The first-order valence-electron chi connectivity index (χ1n) is 8.29. The molecule has 0 aliphatic rings. The van der Waals surface area contributed by atoms with Gasteiger partial charge in [-0.3, -0.25) is 4.79 Å².